The van der Waals surface area contributed by atoms with Gasteiger partial charge in [0.15, 0.2) is 0 Å². The molecule has 2 rings (SSSR count). The van der Waals surface area contributed by atoms with Gasteiger partial charge < -0.3 is 14.7 Å². The summed E-state index contributed by atoms with van der Waals surface area (Å²) in [7, 11) is 3.19. The van der Waals surface area contributed by atoms with Gasteiger partial charge in [0.05, 0.1) is 7.11 Å². The zero-order chi connectivity index (χ0) is 12.4. The molecule has 1 aromatic rings. The molecule has 1 aliphatic carbocycles. The molecule has 90 valence electrons. The van der Waals surface area contributed by atoms with Crippen LogP contribution in [-0.4, -0.2) is 36.8 Å². The number of aliphatic hydroxyl groups excluding tert-OH is 1. The van der Waals surface area contributed by atoms with Crippen molar-refractivity contribution in [2.24, 2.45) is 0 Å². The van der Waals surface area contributed by atoms with Crippen molar-refractivity contribution in [3.63, 3.8) is 0 Å². The second-order valence-electron chi connectivity index (χ2n) is 4.06. The number of benzene rings is 1. The number of amides is 1. The number of carbonyl (C=O) groups is 1. The molecule has 0 bridgehead atoms. The Labute approximate surface area is 100 Å². The molecule has 17 heavy (non-hydrogen) atoms. The van der Waals surface area contributed by atoms with Crippen molar-refractivity contribution in [3.8, 4) is 5.75 Å². The fourth-order valence-corrected chi connectivity index (χ4v) is 1.89. The van der Waals surface area contributed by atoms with E-state index < -0.39 is 0 Å². The molecule has 0 fully saturated rings. The van der Waals surface area contributed by atoms with Gasteiger partial charge in [-0.15, -0.1) is 0 Å². The minimum Gasteiger partial charge on any atom is -0.497 e. The maximum atomic E-state index is 11.9. The van der Waals surface area contributed by atoms with E-state index in [1.807, 2.05) is 24.3 Å². The van der Waals surface area contributed by atoms with Crippen LogP contribution in [0.4, 0.5) is 0 Å². The average molecular weight is 233 g/mol. The van der Waals surface area contributed by atoms with Crippen molar-refractivity contribution in [1.82, 2.24) is 4.90 Å². The number of hydrogen-bond donors (Lipinski definition) is 1. The third-order valence-corrected chi connectivity index (χ3v) is 2.90. The van der Waals surface area contributed by atoms with E-state index in [4.69, 9.17) is 9.84 Å². The van der Waals surface area contributed by atoms with Crippen molar-refractivity contribution in [1.29, 1.82) is 0 Å². The van der Waals surface area contributed by atoms with Gasteiger partial charge in [-0.1, -0.05) is 6.07 Å². The van der Waals surface area contributed by atoms with Crippen LogP contribution >= 0.6 is 0 Å². The normalized spacial score (nSPS) is 13.0. The Balaban J connectivity index is 2.24. The molecule has 0 unspecified atom stereocenters. The lowest BCUT2D eigenvalue weighted by Crippen LogP contribution is -2.28. The summed E-state index contributed by atoms with van der Waals surface area (Å²) >= 11 is 0. The maximum absolute atomic E-state index is 11.9. The molecule has 0 heterocycles. The molecule has 0 saturated heterocycles. The molecule has 1 aromatic carbocycles. The Bertz CT molecular complexity index is 480. The molecular weight excluding hydrogens is 218 g/mol. The zero-order valence-corrected chi connectivity index (χ0v) is 9.93. The molecule has 1 aliphatic rings. The van der Waals surface area contributed by atoms with Crippen molar-refractivity contribution < 1.29 is 14.6 Å². The quantitative estimate of drug-likeness (QED) is 0.794. The number of hydrogen-bond acceptors (Lipinski definition) is 3. The highest BCUT2D eigenvalue weighted by molar-refractivity contribution is 6.00. The second-order valence-corrected chi connectivity index (χ2v) is 4.06. The van der Waals surface area contributed by atoms with Crippen LogP contribution in [0.3, 0.4) is 0 Å². The van der Waals surface area contributed by atoms with Crippen molar-refractivity contribution in [2.45, 2.75) is 6.42 Å². The van der Waals surface area contributed by atoms with E-state index in [-0.39, 0.29) is 12.6 Å². The first-order valence-electron chi connectivity index (χ1n) is 5.39. The van der Waals surface area contributed by atoms with Gasteiger partial charge in [0.1, 0.15) is 12.5 Å². The zero-order valence-electron chi connectivity index (χ0n) is 9.93. The number of fused-ring (bicyclic) bond motifs is 1. The van der Waals surface area contributed by atoms with Crippen LogP contribution in [0.5, 0.6) is 5.75 Å². The van der Waals surface area contributed by atoms with Gasteiger partial charge in [0.25, 0.3) is 5.91 Å². The summed E-state index contributed by atoms with van der Waals surface area (Å²) < 4.78 is 5.14. The Morgan fingerprint density at radius 3 is 2.94 bits per heavy atom. The molecule has 1 amide bonds. The fourth-order valence-electron chi connectivity index (χ4n) is 1.89. The van der Waals surface area contributed by atoms with Crippen LogP contribution in [0, 0.1) is 0 Å². The highest BCUT2D eigenvalue weighted by Crippen LogP contribution is 2.29. The number of carbonyl (C=O) groups excluding carboxylic acids is 1. The minimum absolute atomic E-state index is 0.136. The second kappa shape index (κ2) is 4.59. The number of nitrogens with zero attached hydrogens (tertiary/aromatic N) is 1. The Morgan fingerprint density at radius 2 is 2.29 bits per heavy atom. The summed E-state index contributed by atoms with van der Waals surface area (Å²) in [5.41, 5.74) is 2.82. The smallest absolute Gasteiger partial charge is 0.251 e. The summed E-state index contributed by atoms with van der Waals surface area (Å²) in [6, 6.07) is 5.76. The Morgan fingerprint density at radius 1 is 1.53 bits per heavy atom. The van der Waals surface area contributed by atoms with E-state index in [1.54, 1.807) is 14.2 Å². The molecule has 0 atom stereocenters. The number of methoxy groups -OCH3 is 1. The first-order chi connectivity index (χ1) is 8.15. The van der Waals surface area contributed by atoms with Gasteiger partial charge in [0, 0.05) is 19.0 Å². The van der Waals surface area contributed by atoms with Gasteiger partial charge in [-0.25, -0.2) is 0 Å². The number of aliphatic hydroxyl groups is 1. The number of rotatable bonds is 3. The van der Waals surface area contributed by atoms with E-state index in [1.165, 1.54) is 4.90 Å². The third kappa shape index (κ3) is 2.17. The molecule has 0 spiro atoms. The molecule has 4 nitrogen and oxygen atoms in total. The van der Waals surface area contributed by atoms with Crippen molar-refractivity contribution in [3.05, 3.63) is 34.9 Å². The monoisotopic (exact) mass is 233 g/mol. The summed E-state index contributed by atoms with van der Waals surface area (Å²) in [6.07, 6.45) is 2.47. The molecule has 0 aliphatic heterocycles. The molecule has 0 saturated carbocycles. The van der Waals surface area contributed by atoms with E-state index in [0.29, 0.717) is 12.0 Å². The topological polar surface area (TPSA) is 49.8 Å². The third-order valence-electron chi connectivity index (χ3n) is 2.90. The number of ether oxygens (including phenoxy) is 1. The fraction of sp³-hybridized carbons (Fsp3) is 0.308. The lowest BCUT2D eigenvalue weighted by molar-refractivity contribution is -0.128. The van der Waals surface area contributed by atoms with Gasteiger partial charge in [0.2, 0.25) is 0 Å². The van der Waals surface area contributed by atoms with Crippen molar-refractivity contribution >= 4 is 12.0 Å². The van der Waals surface area contributed by atoms with Crippen LogP contribution in [0.25, 0.3) is 6.08 Å². The maximum Gasteiger partial charge on any atom is 0.251 e. The van der Waals surface area contributed by atoms with E-state index >= 15 is 0 Å². The Hall–Kier alpha value is -1.81. The van der Waals surface area contributed by atoms with Gasteiger partial charge >= 0.3 is 0 Å². The van der Waals surface area contributed by atoms with Gasteiger partial charge in [-0.05, 0) is 29.3 Å². The Kier molecular flexibility index (Phi) is 3.15. The summed E-state index contributed by atoms with van der Waals surface area (Å²) in [5.74, 6) is 0.645. The summed E-state index contributed by atoms with van der Waals surface area (Å²) in [6.45, 7) is -0.268. The van der Waals surface area contributed by atoms with Crippen LogP contribution in [0.2, 0.25) is 0 Å². The van der Waals surface area contributed by atoms with E-state index in [0.717, 1.165) is 16.9 Å². The molecular formula is C13H15NO3. The first kappa shape index (κ1) is 11.7. The molecule has 0 radical (unpaired) electrons. The molecule has 1 N–H and O–H groups in total. The average Bonchev–Trinajstić information content (AvgIpc) is 2.79. The molecule has 0 aromatic heterocycles. The van der Waals surface area contributed by atoms with E-state index in [2.05, 4.69) is 0 Å². The molecule has 4 heteroatoms. The predicted molar refractivity (Wildman–Crippen MR) is 64.5 cm³/mol. The SMILES string of the molecule is COc1ccc2c(c1)C=C(C(=O)N(C)CO)C2. The highest BCUT2D eigenvalue weighted by Gasteiger charge is 2.21. The van der Waals surface area contributed by atoms with Crippen LogP contribution in [-0.2, 0) is 11.2 Å². The first-order valence-corrected chi connectivity index (χ1v) is 5.39. The van der Waals surface area contributed by atoms with E-state index in [9.17, 15) is 4.79 Å². The van der Waals surface area contributed by atoms with Crippen LogP contribution < -0.4 is 4.74 Å². The number of likely N-dealkylation sites (N-methyl/N-ethyl adjacent to an activating group) is 1. The van der Waals surface area contributed by atoms with Gasteiger partial charge in [-0.2, -0.15) is 0 Å². The summed E-state index contributed by atoms with van der Waals surface area (Å²) in [4.78, 5) is 13.2. The largest absolute Gasteiger partial charge is 0.497 e. The predicted octanol–water partition coefficient (Wildman–Crippen LogP) is 1.04. The summed E-state index contributed by atoms with van der Waals surface area (Å²) in [5, 5.41) is 8.92. The lowest BCUT2D eigenvalue weighted by atomic mass is 10.1. The lowest BCUT2D eigenvalue weighted by Gasteiger charge is -2.13. The standard InChI is InChI=1S/C13H15NO3/c1-14(8-15)13(16)11-5-9-3-4-12(17-2)7-10(9)6-11/h3-4,6-7,15H,5,8H2,1-2H3. The highest BCUT2D eigenvalue weighted by atomic mass is 16.5. The van der Waals surface area contributed by atoms with Crippen molar-refractivity contribution in [2.75, 3.05) is 20.9 Å². The van der Waals surface area contributed by atoms with Crippen LogP contribution in [0.15, 0.2) is 23.8 Å². The van der Waals surface area contributed by atoms with Crippen LogP contribution in [0.1, 0.15) is 11.1 Å². The minimum atomic E-state index is -0.268. The van der Waals surface area contributed by atoms with Gasteiger partial charge in [-0.3, -0.25) is 4.79 Å².